The molecule has 0 atom stereocenters. The Morgan fingerprint density at radius 2 is 1.16 bits per heavy atom. The number of alkyl halides is 3. The van der Waals surface area contributed by atoms with Gasteiger partial charge in [0, 0.05) is 6.42 Å². The van der Waals surface area contributed by atoms with Gasteiger partial charge in [0.25, 0.3) is 0 Å². The maximum Gasteiger partial charge on any atom is 0.388 e. The third-order valence-electron chi connectivity index (χ3n) is 3.12. The predicted octanol–water partition coefficient (Wildman–Crippen LogP) is 2.98. The van der Waals surface area contributed by atoms with Crippen LogP contribution in [-0.2, 0) is 0 Å². The highest BCUT2D eigenvalue weighted by Gasteiger charge is 2.29. The molecule has 2 aromatic rings. The summed E-state index contributed by atoms with van der Waals surface area (Å²) in [5.41, 5.74) is 0. The molecule has 100 valence electrons. The highest BCUT2D eigenvalue weighted by molar-refractivity contribution is 6.85. The van der Waals surface area contributed by atoms with Crippen LogP contribution in [-0.4, -0.2) is 15.0 Å². The summed E-state index contributed by atoms with van der Waals surface area (Å²) in [5, 5.41) is 2.14. The molecule has 0 fully saturated rings. The van der Waals surface area contributed by atoms with Crippen molar-refractivity contribution in [3.8, 4) is 0 Å². The first-order chi connectivity index (χ1) is 9.06. The van der Waals surface area contributed by atoms with E-state index < -0.39 is 21.4 Å². The van der Waals surface area contributed by atoms with E-state index in [9.17, 15) is 13.2 Å². The van der Waals surface area contributed by atoms with E-state index in [1.54, 1.807) is 0 Å². The van der Waals surface area contributed by atoms with E-state index in [1.165, 1.54) is 0 Å². The van der Waals surface area contributed by atoms with Crippen LogP contribution in [0.5, 0.6) is 0 Å². The smallest absolute Gasteiger partial charge is 0.171 e. The summed E-state index contributed by atoms with van der Waals surface area (Å²) in [5.74, 6) is 0. The third kappa shape index (κ3) is 4.24. The Balaban J connectivity index is 2.24. The minimum atomic E-state index is -4.07. The van der Waals surface area contributed by atoms with Gasteiger partial charge in [0.2, 0.25) is 0 Å². The van der Waals surface area contributed by atoms with Crippen LogP contribution in [0.1, 0.15) is 6.42 Å². The first-order valence-corrected chi connectivity index (χ1v) is 8.20. The SMILES string of the molecule is FC(F)(F)CC[SiH](c1ccccc1)c1ccccc1. The van der Waals surface area contributed by atoms with Crippen molar-refractivity contribution in [2.75, 3.05) is 0 Å². The summed E-state index contributed by atoms with van der Waals surface area (Å²) in [7, 11) is -1.77. The zero-order chi connectivity index (χ0) is 13.7. The first-order valence-electron chi connectivity index (χ1n) is 6.23. The van der Waals surface area contributed by atoms with Crippen LogP contribution in [0, 0.1) is 0 Å². The van der Waals surface area contributed by atoms with Crippen LogP contribution in [0.2, 0.25) is 6.04 Å². The topological polar surface area (TPSA) is 0 Å². The van der Waals surface area contributed by atoms with Gasteiger partial charge in [-0.05, 0) is 6.04 Å². The van der Waals surface area contributed by atoms with Gasteiger partial charge >= 0.3 is 6.18 Å². The molecule has 2 rings (SSSR count). The fraction of sp³-hybridized carbons (Fsp3) is 0.200. The van der Waals surface area contributed by atoms with Crippen molar-refractivity contribution in [2.45, 2.75) is 18.6 Å². The van der Waals surface area contributed by atoms with Gasteiger partial charge in [-0.15, -0.1) is 0 Å². The van der Waals surface area contributed by atoms with Crippen molar-refractivity contribution in [3.63, 3.8) is 0 Å². The average molecular weight is 280 g/mol. The highest BCUT2D eigenvalue weighted by Crippen LogP contribution is 2.22. The predicted molar refractivity (Wildman–Crippen MR) is 74.8 cm³/mol. The van der Waals surface area contributed by atoms with Crippen LogP contribution < -0.4 is 10.4 Å². The summed E-state index contributed by atoms with van der Waals surface area (Å²) in [4.78, 5) is 0. The van der Waals surface area contributed by atoms with Crippen LogP contribution in [0.25, 0.3) is 0 Å². The molecule has 0 saturated carbocycles. The molecular formula is C15H15F3Si. The first kappa shape index (κ1) is 13.9. The Hall–Kier alpha value is -1.55. The van der Waals surface area contributed by atoms with E-state index in [4.69, 9.17) is 0 Å². The molecule has 0 unspecified atom stereocenters. The lowest BCUT2D eigenvalue weighted by Gasteiger charge is -2.17. The molecular weight excluding hydrogens is 265 g/mol. The fourth-order valence-corrected chi connectivity index (χ4v) is 5.25. The lowest BCUT2D eigenvalue weighted by atomic mass is 10.4. The Morgan fingerprint density at radius 1 is 0.737 bits per heavy atom. The normalized spacial score (nSPS) is 11.8. The number of halogens is 3. The zero-order valence-electron chi connectivity index (χ0n) is 10.4. The van der Waals surface area contributed by atoms with Crippen molar-refractivity contribution in [3.05, 3.63) is 60.7 Å². The summed E-state index contributed by atoms with van der Waals surface area (Å²) < 4.78 is 37.4. The number of hydrogen-bond donors (Lipinski definition) is 0. The van der Waals surface area contributed by atoms with Gasteiger partial charge in [0.1, 0.15) is 8.80 Å². The summed E-state index contributed by atoms with van der Waals surface area (Å²) in [6.07, 6.45) is -4.78. The Bertz CT molecular complexity index is 454. The second-order valence-electron chi connectivity index (χ2n) is 4.53. The second-order valence-corrected chi connectivity index (χ2v) is 7.54. The summed E-state index contributed by atoms with van der Waals surface area (Å²) in [6, 6.07) is 19.4. The monoisotopic (exact) mass is 280 g/mol. The molecule has 2 aromatic carbocycles. The van der Waals surface area contributed by atoms with Crippen molar-refractivity contribution in [2.24, 2.45) is 0 Å². The molecule has 0 aliphatic carbocycles. The lowest BCUT2D eigenvalue weighted by molar-refractivity contribution is -0.130. The molecule has 0 aliphatic rings. The van der Waals surface area contributed by atoms with E-state index >= 15 is 0 Å². The molecule has 0 bridgehead atoms. The van der Waals surface area contributed by atoms with Gasteiger partial charge in [-0.25, -0.2) is 0 Å². The summed E-state index contributed by atoms with van der Waals surface area (Å²) in [6.45, 7) is 0. The highest BCUT2D eigenvalue weighted by atomic mass is 28.3. The van der Waals surface area contributed by atoms with Crippen LogP contribution >= 0.6 is 0 Å². The van der Waals surface area contributed by atoms with E-state index in [2.05, 4.69) is 0 Å². The molecule has 0 aromatic heterocycles. The van der Waals surface area contributed by atoms with Crippen LogP contribution in [0.4, 0.5) is 13.2 Å². The molecule has 19 heavy (non-hydrogen) atoms. The van der Waals surface area contributed by atoms with Crippen molar-refractivity contribution >= 4 is 19.2 Å². The number of hydrogen-bond acceptors (Lipinski definition) is 0. The molecule has 0 amide bonds. The maximum absolute atomic E-state index is 12.5. The molecule has 0 nitrogen and oxygen atoms in total. The minimum Gasteiger partial charge on any atom is -0.171 e. The molecule has 0 aliphatic heterocycles. The minimum absolute atomic E-state index is 0.220. The third-order valence-corrected chi connectivity index (χ3v) is 6.37. The average Bonchev–Trinajstić information content (AvgIpc) is 2.40. The van der Waals surface area contributed by atoms with Gasteiger partial charge < -0.3 is 0 Å². The van der Waals surface area contributed by atoms with Gasteiger partial charge in [-0.3, -0.25) is 0 Å². The molecule has 4 heteroatoms. The van der Waals surface area contributed by atoms with Crippen LogP contribution in [0.3, 0.4) is 0 Å². The Morgan fingerprint density at radius 3 is 1.53 bits per heavy atom. The summed E-state index contributed by atoms with van der Waals surface area (Å²) >= 11 is 0. The van der Waals surface area contributed by atoms with Crippen molar-refractivity contribution in [1.29, 1.82) is 0 Å². The second kappa shape index (κ2) is 6.06. The number of rotatable bonds is 4. The van der Waals surface area contributed by atoms with Gasteiger partial charge in [0.15, 0.2) is 0 Å². The van der Waals surface area contributed by atoms with Crippen LogP contribution in [0.15, 0.2) is 60.7 Å². The van der Waals surface area contributed by atoms with E-state index in [1.807, 2.05) is 60.7 Å². The Kier molecular flexibility index (Phi) is 4.42. The number of benzene rings is 2. The van der Waals surface area contributed by atoms with Crippen molar-refractivity contribution in [1.82, 2.24) is 0 Å². The molecule has 0 saturated heterocycles. The van der Waals surface area contributed by atoms with Gasteiger partial charge in [0.05, 0.1) is 0 Å². The van der Waals surface area contributed by atoms with Gasteiger partial charge in [-0.1, -0.05) is 71.0 Å². The Labute approximate surface area is 112 Å². The zero-order valence-corrected chi connectivity index (χ0v) is 11.6. The molecule has 0 N–H and O–H groups in total. The maximum atomic E-state index is 12.5. The quantitative estimate of drug-likeness (QED) is 0.755. The van der Waals surface area contributed by atoms with E-state index in [0.717, 1.165) is 10.4 Å². The lowest BCUT2D eigenvalue weighted by Crippen LogP contribution is -2.42. The standard InChI is InChI=1S/C15H15F3Si/c16-15(17,18)11-12-19(13-7-3-1-4-8-13)14-9-5-2-6-10-14/h1-10,19H,11-12H2. The van der Waals surface area contributed by atoms with Gasteiger partial charge in [-0.2, -0.15) is 13.2 Å². The van der Waals surface area contributed by atoms with E-state index in [-0.39, 0.29) is 6.04 Å². The molecule has 0 spiro atoms. The molecule has 0 heterocycles. The fourth-order valence-electron chi connectivity index (χ4n) is 2.20. The molecule has 0 radical (unpaired) electrons. The van der Waals surface area contributed by atoms with Crippen molar-refractivity contribution < 1.29 is 13.2 Å². The largest absolute Gasteiger partial charge is 0.388 e. The van der Waals surface area contributed by atoms with E-state index in [0.29, 0.717) is 0 Å².